The lowest BCUT2D eigenvalue weighted by atomic mass is 9.97. The molecular weight excluding hydrogens is 342 g/mol. The van der Waals surface area contributed by atoms with Crippen molar-refractivity contribution < 1.29 is 4.79 Å². The minimum absolute atomic E-state index is 0.0410. The average molecular weight is 365 g/mol. The molecule has 2 aromatic heterocycles. The third-order valence-electron chi connectivity index (χ3n) is 5.08. The zero-order valence-electron chi connectivity index (χ0n) is 15.3. The first-order valence-corrected chi connectivity index (χ1v) is 9.18. The number of hydrogen-bond acceptors (Lipinski definition) is 4. The Hall–Kier alpha value is -3.16. The molecule has 8 heteroatoms. The van der Waals surface area contributed by atoms with Gasteiger partial charge in [-0.2, -0.15) is 5.10 Å². The van der Waals surface area contributed by atoms with Gasteiger partial charge in [0.2, 0.25) is 0 Å². The number of rotatable bonds is 4. The molecule has 1 fully saturated rings. The molecule has 0 bridgehead atoms. The normalized spacial score (nSPS) is 15.1. The van der Waals surface area contributed by atoms with Crippen molar-refractivity contribution in [2.75, 3.05) is 18.4 Å². The quantitative estimate of drug-likeness (QED) is 0.771. The molecule has 1 saturated heterocycles. The van der Waals surface area contributed by atoms with Crippen molar-refractivity contribution in [2.24, 2.45) is 5.92 Å². The van der Waals surface area contributed by atoms with E-state index in [0.717, 1.165) is 49.7 Å². The molecule has 0 saturated carbocycles. The highest BCUT2D eigenvalue weighted by atomic mass is 16.2. The Bertz CT molecular complexity index is 877. The number of likely N-dealkylation sites (tertiary alicyclic amines) is 1. The van der Waals surface area contributed by atoms with Gasteiger partial charge in [0.1, 0.15) is 18.5 Å². The molecule has 1 aliphatic rings. The van der Waals surface area contributed by atoms with E-state index in [4.69, 9.17) is 0 Å². The summed E-state index contributed by atoms with van der Waals surface area (Å²) >= 11 is 0. The van der Waals surface area contributed by atoms with Gasteiger partial charge in [0.25, 0.3) is 0 Å². The van der Waals surface area contributed by atoms with Crippen molar-refractivity contribution in [1.82, 2.24) is 29.2 Å². The Morgan fingerprint density at radius 1 is 1.22 bits per heavy atom. The van der Waals surface area contributed by atoms with Crippen LogP contribution < -0.4 is 5.32 Å². The summed E-state index contributed by atoms with van der Waals surface area (Å²) in [6, 6.07) is 7.53. The number of piperidine rings is 1. The molecule has 1 N–H and O–H groups in total. The summed E-state index contributed by atoms with van der Waals surface area (Å²) < 4.78 is 3.87. The Morgan fingerprint density at radius 3 is 2.63 bits per heavy atom. The highest BCUT2D eigenvalue weighted by Gasteiger charge is 2.23. The van der Waals surface area contributed by atoms with Crippen LogP contribution in [0.3, 0.4) is 0 Å². The van der Waals surface area contributed by atoms with Gasteiger partial charge >= 0.3 is 6.03 Å². The summed E-state index contributed by atoms with van der Waals surface area (Å²) in [5.41, 5.74) is 1.68. The summed E-state index contributed by atoms with van der Waals surface area (Å²) in [5.74, 6) is 1.63. The lowest BCUT2D eigenvalue weighted by Crippen LogP contribution is -2.41. The zero-order valence-corrected chi connectivity index (χ0v) is 15.3. The smallest absolute Gasteiger partial charge is 0.321 e. The van der Waals surface area contributed by atoms with Crippen molar-refractivity contribution in [1.29, 1.82) is 0 Å². The predicted octanol–water partition coefficient (Wildman–Crippen LogP) is 2.72. The summed E-state index contributed by atoms with van der Waals surface area (Å²) in [5, 5.41) is 7.07. The minimum Gasteiger partial charge on any atom is -0.335 e. The second-order valence-corrected chi connectivity index (χ2v) is 6.87. The average Bonchev–Trinajstić information content (AvgIpc) is 3.36. The van der Waals surface area contributed by atoms with E-state index in [1.807, 2.05) is 48.5 Å². The van der Waals surface area contributed by atoms with E-state index < -0.39 is 0 Å². The molecule has 2 amide bonds. The highest BCUT2D eigenvalue weighted by molar-refractivity contribution is 5.89. The number of aromatic nitrogens is 5. The molecule has 1 aromatic carbocycles. The molecule has 0 unspecified atom stereocenters. The van der Waals surface area contributed by atoms with E-state index >= 15 is 0 Å². The van der Waals surface area contributed by atoms with Crippen molar-refractivity contribution in [2.45, 2.75) is 26.3 Å². The number of nitrogens with zero attached hydrogens (tertiary/aromatic N) is 6. The van der Waals surface area contributed by atoms with E-state index in [1.165, 1.54) is 6.33 Å². The monoisotopic (exact) mass is 365 g/mol. The maximum Gasteiger partial charge on any atom is 0.321 e. The first-order chi connectivity index (χ1) is 13.2. The number of imidazole rings is 1. The lowest BCUT2D eigenvalue weighted by Gasteiger charge is -2.32. The van der Waals surface area contributed by atoms with Gasteiger partial charge in [-0.05, 0) is 49.9 Å². The van der Waals surface area contributed by atoms with Crippen molar-refractivity contribution in [3.05, 3.63) is 55.1 Å². The molecule has 140 valence electrons. The largest absolute Gasteiger partial charge is 0.335 e. The second kappa shape index (κ2) is 7.61. The summed E-state index contributed by atoms with van der Waals surface area (Å²) in [6.07, 6.45) is 9.02. The minimum atomic E-state index is -0.0410. The number of amides is 2. The number of carbonyl (C=O) groups is 1. The fraction of sp³-hybridized carbons (Fsp3) is 0.368. The maximum atomic E-state index is 12.5. The molecule has 0 atom stereocenters. The molecule has 0 radical (unpaired) electrons. The summed E-state index contributed by atoms with van der Waals surface area (Å²) in [7, 11) is 0. The second-order valence-electron chi connectivity index (χ2n) is 6.87. The molecule has 3 heterocycles. The third-order valence-corrected chi connectivity index (χ3v) is 5.08. The molecule has 4 rings (SSSR count). The predicted molar refractivity (Wildman–Crippen MR) is 102 cm³/mol. The molecule has 27 heavy (non-hydrogen) atoms. The van der Waals surface area contributed by atoms with Crippen LogP contribution in [0.2, 0.25) is 0 Å². The Balaban J connectivity index is 1.29. The Labute approximate surface area is 157 Å². The van der Waals surface area contributed by atoms with Gasteiger partial charge in [-0.3, -0.25) is 0 Å². The van der Waals surface area contributed by atoms with Crippen LogP contribution in [0.15, 0.2) is 49.3 Å². The lowest BCUT2D eigenvalue weighted by molar-refractivity contribution is 0.176. The van der Waals surface area contributed by atoms with Crippen LogP contribution >= 0.6 is 0 Å². The molecular formula is C19H23N7O. The molecule has 8 nitrogen and oxygen atoms in total. The number of anilines is 1. The fourth-order valence-corrected chi connectivity index (χ4v) is 3.44. The van der Waals surface area contributed by atoms with E-state index in [9.17, 15) is 4.79 Å². The van der Waals surface area contributed by atoms with Gasteiger partial charge < -0.3 is 14.8 Å². The van der Waals surface area contributed by atoms with Crippen LogP contribution in [0.25, 0.3) is 5.69 Å². The van der Waals surface area contributed by atoms with Gasteiger partial charge in [-0.25, -0.2) is 19.4 Å². The van der Waals surface area contributed by atoms with Crippen LogP contribution in [0, 0.1) is 12.8 Å². The van der Waals surface area contributed by atoms with Gasteiger partial charge in [0.15, 0.2) is 0 Å². The number of benzene rings is 1. The number of urea groups is 1. The fourth-order valence-electron chi connectivity index (χ4n) is 3.44. The topological polar surface area (TPSA) is 80.9 Å². The van der Waals surface area contributed by atoms with Crippen molar-refractivity contribution in [3.63, 3.8) is 0 Å². The standard InChI is InChI=1S/C19H23N7O/c1-15-21-8-11-25(15)12-16-6-9-24(10-7-16)19(27)23-17-2-4-18(5-3-17)26-14-20-13-22-26/h2-5,8,11,13-14,16H,6-7,9-10,12H2,1H3,(H,23,27). The summed E-state index contributed by atoms with van der Waals surface area (Å²) in [4.78, 5) is 22.6. The van der Waals surface area contributed by atoms with E-state index in [2.05, 4.69) is 25.0 Å². The zero-order chi connectivity index (χ0) is 18.6. The molecule has 0 spiro atoms. The summed E-state index contributed by atoms with van der Waals surface area (Å²) in [6.45, 7) is 4.56. The van der Waals surface area contributed by atoms with Crippen LogP contribution in [-0.2, 0) is 6.54 Å². The van der Waals surface area contributed by atoms with Gasteiger partial charge in [-0.1, -0.05) is 0 Å². The Kier molecular flexibility index (Phi) is 4.86. The first kappa shape index (κ1) is 17.3. The first-order valence-electron chi connectivity index (χ1n) is 9.18. The number of carbonyl (C=O) groups excluding carboxylic acids is 1. The highest BCUT2D eigenvalue weighted by Crippen LogP contribution is 2.21. The molecule has 0 aliphatic carbocycles. The van der Waals surface area contributed by atoms with Gasteiger partial charge in [0, 0.05) is 37.7 Å². The van der Waals surface area contributed by atoms with E-state index in [-0.39, 0.29) is 6.03 Å². The molecule has 3 aromatic rings. The van der Waals surface area contributed by atoms with E-state index in [1.54, 1.807) is 11.0 Å². The number of nitrogens with one attached hydrogen (secondary N) is 1. The maximum absolute atomic E-state index is 12.5. The van der Waals surface area contributed by atoms with Crippen LogP contribution in [-0.4, -0.2) is 48.3 Å². The molecule has 1 aliphatic heterocycles. The SMILES string of the molecule is Cc1nccn1CC1CCN(C(=O)Nc2ccc(-n3cncn3)cc2)CC1. The van der Waals surface area contributed by atoms with Crippen LogP contribution in [0.5, 0.6) is 0 Å². The van der Waals surface area contributed by atoms with Crippen molar-refractivity contribution >= 4 is 11.7 Å². The van der Waals surface area contributed by atoms with Gasteiger partial charge in [0.05, 0.1) is 5.69 Å². The van der Waals surface area contributed by atoms with Gasteiger partial charge in [-0.15, -0.1) is 0 Å². The third kappa shape index (κ3) is 3.99. The number of aryl methyl sites for hydroxylation is 1. The van der Waals surface area contributed by atoms with Crippen LogP contribution in [0.1, 0.15) is 18.7 Å². The Morgan fingerprint density at radius 2 is 2.00 bits per heavy atom. The van der Waals surface area contributed by atoms with E-state index in [0.29, 0.717) is 5.92 Å². The van der Waals surface area contributed by atoms with Crippen LogP contribution in [0.4, 0.5) is 10.5 Å². The van der Waals surface area contributed by atoms with Crippen molar-refractivity contribution in [3.8, 4) is 5.69 Å². The number of hydrogen-bond donors (Lipinski definition) is 1.